The molecular formula is C21H22N2O3. The summed E-state index contributed by atoms with van der Waals surface area (Å²) < 4.78 is 7.70. The van der Waals surface area contributed by atoms with Crippen LogP contribution in [-0.2, 0) is 11.3 Å². The van der Waals surface area contributed by atoms with E-state index in [0.29, 0.717) is 17.2 Å². The van der Waals surface area contributed by atoms with Crippen molar-refractivity contribution in [1.82, 2.24) is 4.57 Å². The van der Waals surface area contributed by atoms with Crippen molar-refractivity contribution in [3.05, 3.63) is 42.0 Å². The molecule has 0 radical (unpaired) electrons. The summed E-state index contributed by atoms with van der Waals surface area (Å²) in [6, 6.07) is 11.3. The normalized spacial score (nSPS) is 15.0. The maximum Gasteiger partial charge on any atom is 0.308 e. The lowest BCUT2D eigenvalue weighted by Crippen LogP contribution is -2.11. The van der Waals surface area contributed by atoms with E-state index in [2.05, 4.69) is 4.57 Å². The molecule has 1 aliphatic carbocycles. The van der Waals surface area contributed by atoms with Crippen molar-refractivity contribution in [2.24, 2.45) is 11.7 Å². The minimum absolute atomic E-state index is 0.384. The summed E-state index contributed by atoms with van der Waals surface area (Å²) in [6.07, 6.45) is 4.99. The Bertz CT molecular complexity index is 1010. The second-order valence-corrected chi connectivity index (χ2v) is 7.07. The van der Waals surface area contributed by atoms with E-state index in [0.717, 1.165) is 28.4 Å². The highest BCUT2D eigenvalue weighted by Gasteiger charge is 2.23. The predicted octanol–water partition coefficient (Wildman–Crippen LogP) is 4.01. The number of amides is 1. The maximum atomic E-state index is 12.1. The second-order valence-electron chi connectivity index (χ2n) is 7.07. The number of fused-ring (bicyclic) bond motifs is 3. The summed E-state index contributed by atoms with van der Waals surface area (Å²) in [5, 5.41) is 1.55. The van der Waals surface area contributed by atoms with Gasteiger partial charge in [0.05, 0.1) is 16.4 Å². The van der Waals surface area contributed by atoms with Gasteiger partial charge in [0.1, 0.15) is 5.75 Å². The zero-order valence-electron chi connectivity index (χ0n) is 14.8. The van der Waals surface area contributed by atoms with Gasteiger partial charge < -0.3 is 15.0 Å². The van der Waals surface area contributed by atoms with Crippen LogP contribution in [0, 0.1) is 5.92 Å². The van der Waals surface area contributed by atoms with Crippen LogP contribution in [0.2, 0.25) is 0 Å². The number of rotatable bonds is 4. The highest BCUT2D eigenvalue weighted by atomic mass is 16.5. The zero-order chi connectivity index (χ0) is 18.3. The van der Waals surface area contributed by atoms with Gasteiger partial charge in [-0.3, -0.25) is 9.59 Å². The molecule has 5 nitrogen and oxygen atoms in total. The topological polar surface area (TPSA) is 74.3 Å². The van der Waals surface area contributed by atoms with Gasteiger partial charge in [0.25, 0.3) is 0 Å². The van der Waals surface area contributed by atoms with Crippen molar-refractivity contribution >= 4 is 33.7 Å². The fourth-order valence-electron chi connectivity index (χ4n) is 4.25. The third-order valence-corrected chi connectivity index (χ3v) is 5.31. The van der Waals surface area contributed by atoms with Crippen LogP contribution >= 0.6 is 0 Å². The van der Waals surface area contributed by atoms with E-state index >= 15 is 0 Å². The Hall–Kier alpha value is -2.82. The molecule has 1 aromatic heterocycles. The molecule has 0 aliphatic heterocycles. The van der Waals surface area contributed by atoms with E-state index in [1.807, 2.05) is 24.3 Å². The molecular weight excluding hydrogens is 328 g/mol. The van der Waals surface area contributed by atoms with Crippen LogP contribution < -0.4 is 10.5 Å². The average Bonchev–Trinajstić information content (AvgIpc) is 3.22. The second kappa shape index (κ2) is 6.48. The first-order valence-corrected chi connectivity index (χ1v) is 9.08. The lowest BCUT2D eigenvalue weighted by Gasteiger charge is -2.13. The Morgan fingerprint density at radius 1 is 1.08 bits per heavy atom. The molecule has 3 aromatic rings. The molecule has 5 heteroatoms. The number of esters is 1. The van der Waals surface area contributed by atoms with Crippen LogP contribution in [-0.4, -0.2) is 16.4 Å². The van der Waals surface area contributed by atoms with Crippen LogP contribution in [0.5, 0.6) is 5.75 Å². The Morgan fingerprint density at radius 2 is 1.73 bits per heavy atom. The molecule has 1 aliphatic rings. The van der Waals surface area contributed by atoms with Crippen LogP contribution in [0.25, 0.3) is 21.8 Å². The molecule has 26 heavy (non-hydrogen) atoms. The molecule has 1 saturated carbocycles. The van der Waals surface area contributed by atoms with Crippen LogP contribution in [0.4, 0.5) is 0 Å². The Labute approximate surface area is 151 Å². The van der Waals surface area contributed by atoms with Gasteiger partial charge in [0.15, 0.2) is 0 Å². The van der Waals surface area contributed by atoms with E-state index in [4.69, 9.17) is 10.5 Å². The minimum Gasteiger partial charge on any atom is -0.426 e. The molecule has 2 N–H and O–H groups in total. The molecule has 1 fully saturated rings. The van der Waals surface area contributed by atoms with Crippen molar-refractivity contribution in [2.75, 3.05) is 0 Å². The van der Waals surface area contributed by atoms with E-state index in [1.54, 1.807) is 12.1 Å². The van der Waals surface area contributed by atoms with E-state index in [9.17, 15) is 9.59 Å². The first-order valence-electron chi connectivity index (χ1n) is 9.08. The maximum absolute atomic E-state index is 12.1. The van der Waals surface area contributed by atoms with Gasteiger partial charge in [-0.15, -0.1) is 0 Å². The Morgan fingerprint density at radius 3 is 2.38 bits per heavy atom. The number of primary amides is 1. The number of benzene rings is 2. The first kappa shape index (κ1) is 16.6. The average molecular weight is 350 g/mol. The van der Waals surface area contributed by atoms with Gasteiger partial charge in [-0.05, 0) is 43.0 Å². The number of ether oxygens (including phenoxy) is 1. The standard InChI is InChI=1S/C21H22N2O3/c1-13(24)26-18-11-5-10-17-20(18)19-15(21(22)25)8-4-9-16(19)23(17)12-14-6-2-3-7-14/h4-5,8-11,14H,2-3,6-7,12H2,1H3,(H2,22,25). The molecule has 2 aromatic carbocycles. The molecule has 0 saturated heterocycles. The van der Waals surface area contributed by atoms with Crippen molar-refractivity contribution in [3.63, 3.8) is 0 Å². The SMILES string of the molecule is CC(=O)Oc1cccc2c1c1c(C(N)=O)cccc1n2CC1CCCC1. The van der Waals surface area contributed by atoms with Crippen molar-refractivity contribution < 1.29 is 14.3 Å². The van der Waals surface area contributed by atoms with Crippen LogP contribution in [0.1, 0.15) is 43.0 Å². The predicted molar refractivity (Wildman–Crippen MR) is 101 cm³/mol. The fourth-order valence-corrected chi connectivity index (χ4v) is 4.25. The van der Waals surface area contributed by atoms with Gasteiger partial charge >= 0.3 is 5.97 Å². The van der Waals surface area contributed by atoms with Crippen molar-refractivity contribution in [2.45, 2.75) is 39.2 Å². The van der Waals surface area contributed by atoms with Crippen LogP contribution in [0.3, 0.4) is 0 Å². The largest absolute Gasteiger partial charge is 0.426 e. The smallest absolute Gasteiger partial charge is 0.308 e. The monoisotopic (exact) mass is 350 g/mol. The third kappa shape index (κ3) is 2.73. The molecule has 0 atom stereocenters. The lowest BCUT2D eigenvalue weighted by molar-refractivity contribution is -0.131. The van der Waals surface area contributed by atoms with Crippen molar-refractivity contribution in [3.8, 4) is 5.75 Å². The minimum atomic E-state index is -0.479. The zero-order valence-corrected chi connectivity index (χ0v) is 14.8. The van der Waals surface area contributed by atoms with Crippen molar-refractivity contribution in [1.29, 1.82) is 0 Å². The molecule has 0 unspecified atom stereocenters. The number of aromatic nitrogens is 1. The molecule has 4 rings (SSSR count). The van der Waals surface area contributed by atoms with Gasteiger partial charge in [-0.25, -0.2) is 0 Å². The van der Waals surface area contributed by atoms with Gasteiger partial charge in [-0.2, -0.15) is 0 Å². The highest BCUT2D eigenvalue weighted by molar-refractivity contribution is 6.19. The quantitative estimate of drug-likeness (QED) is 0.571. The first-order chi connectivity index (χ1) is 12.6. The molecule has 0 bridgehead atoms. The van der Waals surface area contributed by atoms with E-state index in [-0.39, 0.29) is 5.97 Å². The van der Waals surface area contributed by atoms with Gasteiger partial charge in [-0.1, -0.05) is 25.0 Å². The molecule has 0 spiro atoms. The Kier molecular flexibility index (Phi) is 4.15. The van der Waals surface area contributed by atoms with Gasteiger partial charge in [0, 0.05) is 24.4 Å². The lowest BCUT2D eigenvalue weighted by atomic mass is 10.1. The number of hydrogen-bond acceptors (Lipinski definition) is 3. The Balaban J connectivity index is 2.04. The number of nitrogens with two attached hydrogens (primary N) is 1. The highest BCUT2D eigenvalue weighted by Crippen LogP contribution is 2.39. The third-order valence-electron chi connectivity index (χ3n) is 5.31. The summed E-state index contributed by atoms with van der Waals surface area (Å²) in [6.45, 7) is 2.28. The summed E-state index contributed by atoms with van der Waals surface area (Å²) in [4.78, 5) is 23.6. The summed E-state index contributed by atoms with van der Waals surface area (Å²) in [5.41, 5.74) is 8.03. The molecule has 1 heterocycles. The summed E-state index contributed by atoms with van der Waals surface area (Å²) >= 11 is 0. The molecule has 134 valence electrons. The number of carbonyl (C=O) groups excluding carboxylic acids is 2. The van der Waals surface area contributed by atoms with E-state index in [1.165, 1.54) is 32.6 Å². The number of hydrogen-bond donors (Lipinski definition) is 1. The summed E-state index contributed by atoms with van der Waals surface area (Å²) in [5.74, 6) is 0.237. The summed E-state index contributed by atoms with van der Waals surface area (Å²) in [7, 11) is 0. The van der Waals surface area contributed by atoms with E-state index < -0.39 is 5.91 Å². The number of nitrogens with zero attached hydrogens (tertiary/aromatic N) is 1. The fraction of sp³-hybridized carbons (Fsp3) is 0.333. The van der Waals surface area contributed by atoms with Gasteiger partial charge in [0.2, 0.25) is 5.91 Å². The van der Waals surface area contributed by atoms with Crippen LogP contribution in [0.15, 0.2) is 36.4 Å². The number of carbonyl (C=O) groups is 2. The molecule has 1 amide bonds.